The van der Waals surface area contributed by atoms with Crippen LogP contribution in [0.3, 0.4) is 0 Å². The van der Waals surface area contributed by atoms with Crippen LogP contribution in [0.25, 0.3) is 0 Å². The van der Waals surface area contributed by atoms with Gasteiger partial charge in [0.2, 0.25) is 11.8 Å². The predicted molar refractivity (Wildman–Crippen MR) is 75.1 cm³/mol. The Bertz CT molecular complexity index is 507. The van der Waals surface area contributed by atoms with Gasteiger partial charge < -0.3 is 0 Å². The van der Waals surface area contributed by atoms with Crippen LogP contribution in [0, 0.1) is 11.8 Å². The van der Waals surface area contributed by atoms with Gasteiger partial charge in [0.15, 0.2) is 0 Å². The summed E-state index contributed by atoms with van der Waals surface area (Å²) in [7, 11) is 0. The molecule has 1 saturated heterocycles. The molecular weight excluding hydrogens is 306 g/mol. The number of hydrogen-bond acceptors (Lipinski definition) is 2. The van der Waals surface area contributed by atoms with Crippen molar-refractivity contribution in [2.75, 3.05) is 0 Å². The molecule has 0 N–H and O–H groups in total. The zero-order chi connectivity index (χ0) is 13.4. The molecule has 1 saturated carbocycles. The third kappa shape index (κ3) is 2.46. The molecule has 1 aromatic rings. The molecular formula is C15H16BrNO2. The molecule has 2 bridgehead atoms. The molecule has 1 heterocycles. The van der Waals surface area contributed by atoms with E-state index in [0.717, 1.165) is 35.7 Å². The first kappa shape index (κ1) is 12.9. The molecule has 3 nitrogen and oxygen atoms in total. The van der Waals surface area contributed by atoms with Crippen molar-refractivity contribution in [1.29, 1.82) is 0 Å². The summed E-state index contributed by atoms with van der Waals surface area (Å²) in [6.07, 6.45) is 3.67. The van der Waals surface area contributed by atoms with Gasteiger partial charge >= 0.3 is 0 Å². The van der Waals surface area contributed by atoms with E-state index in [1.54, 1.807) is 0 Å². The largest absolute Gasteiger partial charge is 0.278 e. The molecule has 0 radical (unpaired) electrons. The van der Waals surface area contributed by atoms with E-state index >= 15 is 0 Å². The minimum Gasteiger partial charge on any atom is -0.278 e. The average Bonchev–Trinajstić information content (AvgIpc) is 2.42. The number of halogens is 1. The highest BCUT2D eigenvalue weighted by molar-refractivity contribution is 9.10. The second-order valence-corrected chi connectivity index (χ2v) is 6.37. The van der Waals surface area contributed by atoms with Gasteiger partial charge in [-0.3, -0.25) is 14.5 Å². The topological polar surface area (TPSA) is 37.4 Å². The van der Waals surface area contributed by atoms with Gasteiger partial charge in [0.1, 0.15) is 0 Å². The van der Waals surface area contributed by atoms with E-state index in [0.29, 0.717) is 6.54 Å². The Morgan fingerprint density at radius 2 is 1.84 bits per heavy atom. The van der Waals surface area contributed by atoms with E-state index in [1.165, 1.54) is 4.90 Å². The highest BCUT2D eigenvalue weighted by atomic mass is 79.9. The standard InChI is InChI=1S/C15H16BrNO2/c16-13-6-1-3-10(7-13)9-17-14(18)11-4-2-5-12(8-11)15(17)19/h1,3,6-7,11-12H,2,4-5,8-9H2. The summed E-state index contributed by atoms with van der Waals surface area (Å²) < 4.78 is 0.974. The lowest BCUT2D eigenvalue weighted by Gasteiger charge is -2.39. The normalized spacial score (nSPS) is 26.7. The molecule has 2 atom stereocenters. The summed E-state index contributed by atoms with van der Waals surface area (Å²) in [5.74, 6) is 0.203. The summed E-state index contributed by atoms with van der Waals surface area (Å²) in [4.78, 5) is 26.1. The number of carbonyl (C=O) groups excluding carboxylic acids is 2. The van der Waals surface area contributed by atoms with E-state index in [9.17, 15) is 9.59 Å². The van der Waals surface area contributed by atoms with Crippen molar-refractivity contribution < 1.29 is 9.59 Å². The molecule has 3 rings (SSSR count). The quantitative estimate of drug-likeness (QED) is 0.785. The van der Waals surface area contributed by atoms with E-state index < -0.39 is 0 Å². The first-order valence-corrected chi connectivity index (χ1v) is 7.54. The lowest BCUT2D eigenvalue weighted by atomic mass is 9.77. The zero-order valence-corrected chi connectivity index (χ0v) is 12.2. The third-order valence-corrected chi connectivity index (χ3v) is 4.63. The van der Waals surface area contributed by atoms with Crippen LogP contribution in [-0.2, 0) is 16.1 Å². The highest BCUT2D eigenvalue weighted by Crippen LogP contribution is 2.36. The first-order chi connectivity index (χ1) is 9.15. The molecule has 19 heavy (non-hydrogen) atoms. The minimum absolute atomic E-state index is 0.0286. The number of imide groups is 1. The molecule has 1 aliphatic heterocycles. The zero-order valence-electron chi connectivity index (χ0n) is 10.6. The Kier molecular flexibility index (Phi) is 3.44. The lowest BCUT2D eigenvalue weighted by Crippen LogP contribution is -2.50. The summed E-state index contributed by atoms with van der Waals surface area (Å²) in [5.41, 5.74) is 0.996. The van der Waals surface area contributed by atoms with E-state index in [1.807, 2.05) is 24.3 Å². The van der Waals surface area contributed by atoms with Crippen molar-refractivity contribution in [3.63, 3.8) is 0 Å². The Hall–Kier alpha value is -1.16. The summed E-state index contributed by atoms with van der Waals surface area (Å²) >= 11 is 3.42. The smallest absolute Gasteiger partial charge is 0.232 e. The van der Waals surface area contributed by atoms with Crippen molar-refractivity contribution in [3.05, 3.63) is 34.3 Å². The Morgan fingerprint density at radius 3 is 2.47 bits per heavy atom. The second kappa shape index (κ2) is 5.08. The second-order valence-electron chi connectivity index (χ2n) is 5.45. The van der Waals surface area contributed by atoms with Gasteiger partial charge in [-0.05, 0) is 37.0 Å². The van der Waals surface area contributed by atoms with Crippen molar-refractivity contribution in [1.82, 2.24) is 4.90 Å². The number of piperidine rings is 1. The number of hydrogen-bond donors (Lipinski definition) is 0. The van der Waals surface area contributed by atoms with Crippen molar-refractivity contribution in [2.45, 2.75) is 32.2 Å². The number of rotatable bonds is 2. The lowest BCUT2D eigenvalue weighted by molar-refractivity contribution is -0.158. The van der Waals surface area contributed by atoms with Crippen molar-refractivity contribution in [2.24, 2.45) is 11.8 Å². The SMILES string of the molecule is O=C1C2CCCC(C2)C(=O)N1Cc1cccc(Br)c1. The Balaban J connectivity index is 1.83. The number of fused-ring (bicyclic) bond motifs is 2. The van der Waals surface area contributed by atoms with E-state index in [2.05, 4.69) is 15.9 Å². The first-order valence-electron chi connectivity index (χ1n) is 6.75. The van der Waals surface area contributed by atoms with E-state index in [4.69, 9.17) is 0 Å². The molecule has 0 aromatic heterocycles. The van der Waals surface area contributed by atoms with Crippen LogP contribution >= 0.6 is 15.9 Å². The average molecular weight is 322 g/mol. The number of nitrogens with zero attached hydrogens (tertiary/aromatic N) is 1. The number of benzene rings is 1. The number of carbonyl (C=O) groups is 2. The molecule has 2 aliphatic rings. The molecule has 1 aliphatic carbocycles. The molecule has 2 fully saturated rings. The van der Waals surface area contributed by atoms with Gasteiger partial charge in [-0.2, -0.15) is 0 Å². The van der Waals surface area contributed by atoms with Gasteiger partial charge in [-0.1, -0.05) is 34.5 Å². The molecule has 0 spiro atoms. The van der Waals surface area contributed by atoms with Gasteiger partial charge in [0.05, 0.1) is 6.54 Å². The van der Waals surface area contributed by atoms with Gasteiger partial charge in [-0.25, -0.2) is 0 Å². The fourth-order valence-corrected chi connectivity index (χ4v) is 3.61. The maximum absolute atomic E-state index is 12.3. The van der Waals surface area contributed by atoms with Gasteiger partial charge in [-0.15, -0.1) is 0 Å². The van der Waals surface area contributed by atoms with Crippen molar-refractivity contribution in [3.8, 4) is 0 Å². The van der Waals surface area contributed by atoms with Crippen LogP contribution < -0.4 is 0 Å². The predicted octanol–water partition coefficient (Wildman–Crippen LogP) is 3.12. The molecule has 2 unspecified atom stereocenters. The van der Waals surface area contributed by atoms with E-state index in [-0.39, 0.29) is 23.7 Å². The van der Waals surface area contributed by atoms with Crippen LogP contribution in [0.15, 0.2) is 28.7 Å². The van der Waals surface area contributed by atoms with Gasteiger partial charge in [0, 0.05) is 16.3 Å². The fraction of sp³-hybridized carbons (Fsp3) is 0.467. The van der Waals surface area contributed by atoms with Crippen LogP contribution in [-0.4, -0.2) is 16.7 Å². The maximum Gasteiger partial charge on any atom is 0.232 e. The van der Waals surface area contributed by atoms with Crippen LogP contribution in [0.5, 0.6) is 0 Å². The monoisotopic (exact) mass is 321 g/mol. The van der Waals surface area contributed by atoms with Crippen LogP contribution in [0.4, 0.5) is 0 Å². The maximum atomic E-state index is 12.3. The summed E-state index contributed by atoms with van der Waals surface area (Å²) in [6, 6.07) is 7.79. The van der Waals surface area contributed by atoms with Crippen LogP contribution in [0.1, 0.15) is 31.2 Å². The van der Waals surface area contributed by atoms with Gasteiger partial charge in [0.25, 0.3) is 0 Å². The highest BCUT2D eigenvalue weighted by Gasteiger charge is 2.42. The minimum atomic E-state index is 0.0286. The summed E-state index contributed by atoms with van der Waals surface area (Å²) in [6.45, 7) is 0.407. The number of amides is 2. The third-order valence-electron chi connectivity index (χ3n) is 4.13. The fourth-order valence-electron chi connectivity index (χ4n) is 3.16. The summed E-state index contributed by atoms with van der Waals surface area (Å²) in [5, 5.41) is 0. The Morgan fingerprint density at radius 1 is 1.16 bits per heavy atom. The molecule has 1 aromatic carbocycles. The Labute approximate surface area is 121 Å². The number of likely N-dealkylation sites (tertiary alicyclic amines) is 1. The van der Waals surface area contributed by atoms with Crippen molar-refractivity contribution >= 4 is 27.7 Å². The molecule has 4 heteroatoms. The van der Waals surface area contributed by atoms with Crippen LogP contribution in [0.2, 0.25) is 0 Å². The molecule has 100 valence electrons. The molecule has 2 amide bonds.